The van der Waals surface area contributed by atoms with E-state index in [1.54, 1.807) is 17.7 Å². The Morgan fingerprint density at radius 2 is 2.23 bits per heavy atom. The summed E-state index contributed by atoms with van der Waals surface area (Å²) in [6.45, 7) is 4.21. The highest BCUT2D eigenvalue weighted by Crippen LogP contribution is 2.22. The Bertz CT molecular complexity index is 850. The van der Waals surface area contributed by atoms with E-state index in [1.807, 2.05) is 5.38 Å². The Hall–Kier alpha value is -1.67. The van der Waals surface area contributed by atoms with Gasteiger partial charge >= 0.3 is 0 Å². The van der Waals surface area contributed by atoms with Crippen LogP contribution in [0, 0.1) is 5.92 Å². The first-order valence-electron chi connectivity index (χ1n) is 6.93. The number of fused-ring (bicyclic) bond motifs is 1. The molecule has 0 amide bonds. The number of hydrogen-bond acceptors (Lipinski definition) is 7. The van der Waals surface area contributed by atoms with E-state index in [4.69, 9.17) is 4.52 Å². The molecule has 0 spiro atoms. The van der Waals surface area contributed by atoms with E-state index in [0.717, 1.165) is 11.3 Å². The molecule has 0 saturated heterocycles. The third kappa shape index (κ3) is 3.07. The number of rotatable bonds is 5. The second kappa shape index (κ2) is 6.21. The Morgan fingerprint density at radius 3 is 3.00 bits per heavy atom. The van der Waals surface area contributed by atoms with E-state index < -0.39 is 0 Å². The van der Waals surface area contributed by atoms with Gasteiger partial charge in [0.2, 0.25) is 5.89 Å². The summed E-state index contributed by atoms with van der Waals surface area (Å²) in [6, 6.07) is 1.81. The number of hydrogen-bond donors (Lipinski definition) is 0. The molecule has 0 aliphatic heterocycles. The fourth-order valence-electron chi connectivity index (χ4n) is 2.02. The van der Waals surface area contributed by atoms with Crippen molar-refractivity contribution in [3.63, 3.8) is 0 Å². The maximum atomic E-state index is 12.2. The van der Waals surface area contributed by atoms with Crippen LogP contribution in [-0.2, 0) is 19.2 Å². The normalized spacial score (nSPS) is 11.6. The highest BCUT2D eigenvalue weighted by molar-refractivity contribution is 7.98. The van der Waals surface area contributed by atoms with Crippen LogP contribution in [0.5, 0.6) is 0 Å². The lowest BCUT2D eigenvalue weighted by molar-refractivity contribution is 0.360. The van der Waals surface area contributed by atoms with Crippen LogP contribution in [0.2, 0.25) is 0 Å². The molecule has 0 bridgehead atoms. The summed E-state index contributed by atoms with van der Waals surface area (Å²) in [5.74, 6) is 2.28. The zero-order valence-corrected chi connectivity index (χ0v) is 14.2. The molecular weight excluding hydrogens is 320 g/mol. The molecule has 0 aliphatic rings. The van der Waals surface area contributed by atoms with Crippen molar-refractivity contribution in [2.24, 2.45) is 13.0 Å². The average Bonchev–Trinajstić information content (AvgIpc) is 3.09. The Morgan fingerprint density at radius 1 is 1.41 bits per heavy atom. The Balaban J connectivity index is 1.77. The van der Waals surface area contributed by atoms with Crippen LogP contribution in [-0.4, -0.2) is 19.7 Å². The van der Waals surface area contributed by atoms with Crippen LogP contribution in [0.4, 0.5) is 0 Å². The monoisotopic (exact) mass is 336 g/mol. The van der Waals surface area contributed by atoms with Crippen molar-refractivity contribution < 1.29 is 4.52 Å². The molecule has 22 heavy (non-hydrogen) atoms. The molecule has 0 radical (unpaired) electrons. The zero-order chi connectivity index (χ0) is 15.7. The SMILES string of the molecule is CC(C)Cc1nc(CSc2nc3sccc3c(=O)n2C)no1. The lowest BCUT2D eigenvalue weighted by Crippen LogP contribution is -2.19. The number of nitrogens with zero attached hydrogens (tertiary/aromatic N) is 4. The van der Waals surface area contributed by atoms with Crippen molar-refractivity contribution in [2.75, 3.05) is 0 Å². The largest absolute Gasteiger partial charge is 0.339 e. The molecule has 3 rings (SSSR count). The summed E-state index contributed by atoms with van der Waals surface area (Å²) in [7, 11) is 1.73. The van der Waals surface area contributed by atoms with E-state index in [9.17, 15) is 4.79 Å². The van der Waals surface area contributed by atoms with Gasteiger partial charge in [-0.05, 0) is 17.4 Å². The Kier molecular flexibility index (Phi) is 4.30. The van der Waals surface area contributed by atoms with E-state index in [-0.39, 0.29) is 5.56 Å². The number of aromatic nitrogens is 4. The molecule has 6 nitrogen and oxygen atoms in total. The minimum Gasteiger partial charge on any atom is -0.339 e. The van der Waals surface area contributed by atoms with Crippen LogP contribution in [0.1, 0.15) is 25.6 Å². The van der Waals surface area contributed by atoms with Crippen molar-refractivity contribution in [2.45, 2.75) is 31.2 Å². The topological polar surface area (TPSA) is 73.8 Å². The molecule has 0 aliphatic carbocycles. The second-order valence-electron chi connectivity index (χ2n) is 5.39. The van der Waals surface area contributed by atoms with Crippen molar-refractivity contribution >= 4 is 33.3 Å². The minimum atomic E-state index is -0.0256. The summed E-state index contributed by atoms with van der Waals surface area (Å²) in [4.78, 5) is 21.9. The molecule has 0 saturated carbocycles. The molecule has 3 aromatic rings. The van der Waals surface area contributed by atoms with Crippen molar-refractivity contribution in [3.8, 4) is 0 Å². The van der Waals surface area contributed by atoms with Crippen LogP contribution in [0.15, 0.2) is 25.9 Å². The van der Waals surface area contributed by atoms with Gasteiger partial charge in [-0.15, -0.1) is 11.3 Å². The van der Waals surface area contributed by atoms with E-state index in [2.05, 4.69) is 29.0 Å². The summed E-state index contributed by atoms with van der Waals surface area (Å²) in [5.41, 5.74) is -0.0256. The quantitative estimate of drug-likeness (QED) is 0.527. The Labute approximate surface area is 135 Å². The highest BCUT2D eigenvalue weighted by Gasteiger charge is 2.12. The molecule has 0 aromatic carbocycles. The van der Waals surface area contributed by atoms with Gasteiger partial charge in [0, 0.05) is 13.5 Å². The van der Waals surface area contributed by atoms with Gasteiger partial charge in [0.05, 0.1) is 11.1 Å². The maximum Gasteiger partial charge on any atom is 0.262 e. The van der Waals surface area contributed by atoms with Crippen LogP contribution < -0.4 is 5.56 Å². The van der Waals surface area contributed by atoms with Gasteiger partial charge in [-0.25, -0.2) is 4.98 Å². The summed E-state index contributed by atoms with van der Waals surface area (Å²) in [5, 5.41) is 7.17. The van der Waals surface area contributed by atoms with Crippen LogP contribution in [0.25, 0.3) is 10.2 Å². The van der Waals surface area contributed by atoms with E-state index in [0.29, 0.717) is 33.9 Å². The molecule has 3 aromatic heterocycles. The first-order valence-corrected chi connectivity index (χ1v) is 8.79. The minimum absolute atomic E-state index is 0.0256. The first kappa shape index (κ1) is 15.2. The predicted molar refractivity (Wildman–Crippen MR) is 87.3 cm³/mol. The number of thioether (sulfide) groups is 1. The average molecular weight is 336 g/mol. The molecule has 3 heterocycles. The standard InChI is InChI=1S/C14H16N4O2S2/c1-8(2)6-11-15-10(17-20-11)7-22-14-16-12-9(4-5-21-12)13(19)18(14)3/h4-5,8H,6-7H2,1-3H3. The van der Waals surface area contributed by atoms with E-state index >= 15 is 0 Å². The molecular formula is C14H16N4O2S2. The first-order chi connectivity index (χ1) is 10.5. The summed E-state index contributed by atoms with van der Waals surface area (Å²) in [6.07, 6.45) is 0.773. The fourth-order valence-corrected chi connectivity index (χ4v) is 3.64. The molecule has 116 valence electrons. The lowest BCUT2D eigenvalue weighted by atomic mass is 10.1. The van der Waals surface area contributed by atoms with Crippen molar-refractivity contribution in [1.29, 1.82) is 0 Å². The number of thiophene rings is 1. The molecule has 0 fully saturated rings. The molecule has 8 heteroatoms. The highest BCUT2D eigenvalue weighted by atomic mass is 32.2. The van der Waals surface area contributed by atoms with Gasteiger partial charge in [0.15, 0.2) is 11.0 Å². The van der Waals surface area contributed by atoms with Gasteiger partial charge in [-0.3, -0.25) is 9.36 Å². The molecule has 0 N–H and O–H groups in total. The maximum absolute atomic E-state index is 12.2. The summed E-state index contributed by atoms with van der Waals surface area (Å²) < 4.78 is 6.78. The van der Waals surface area contributed by atoms with Gasteiger partial charge in [0.1, 0.15) is 4.83 Å². The lowest BCUT2D eigenvalue weighted by Gasteiger charge is -2.05. The fraction of sp³-hybridized carbons (Fsp3) is 0.429. The second-order valence-corrected chi connectivity index (χ2v) is 7.23. The smallest absolute Gasteiger partial charge is 0.262 e. The molecule has 0 unspecified atom stereocenters. The zero-order valence-electron chi connectivity index (χ0n) is 12.6. The van der Waals surface area contributed by atoms with Crippen LogP contribution in [0.3, 0.4) is 0 Å². The van der Waals surface area contributed by atoms with E-state index in [1.165, 1.54) is 23.1 Å². The predicted octanol–water partition coefficient (Wildman–Crippen LogP) is 2.87. The van der Waals surface area contributed by atoms with Gasteiger partial charge in [-0.1, -0.05) is 30.8 Å². The van der Waals surface area contributed by atoms with Gasteiger partial charge in [0.25, 0.3) is 5.56 Å². The van der Waals surface area contributed by atoms with Crippen molar-refractivity contribution in [3.05, 3.63) is 33.5 Å². The third-order valence-electron chi connectivity index (χ3n) is 3.09. The van der Waals surface area contributed by atoms with Gasteiger partial charge < -0.3 is 4.52 Å². The van der Waals surface area contributed by atoms with Crippen molar-refractivity contribution in [1.82, 2.24) is 19.7 Å². The van der Waals surface area contributed by atoms with Gasteiger partial charge in [-0.2, -0.15) is 4.98 Å². The molecule has 0 atom stereocenters. The summed E-state index contributed by atoms with van der Waals surface area (Å²) >= 11 is 2.91. The van der Waals surface area contributed by atoms with Crippen LogP contribution >= 0.6 is 23.1 Å². The third-order valence-corrected chi connectivity index (χ3v) is 4.92.